The molecule has 0 aliphatic rings. The zero-order chi connectivity index (χ0) is 9.02. The topological polar surface area (TPSA) is 61.9 Å². The van der Waals surface area contributed by atoms with E-state index < -0.39 is 0 Å². The van der Waals surface area contributed by atoms with E-state index in [9.17, 15) is 0 Å². The third-order valence-electron chi connectivity index (χ3n) is 1.18. The molecule has 0 atom stereocenters. The van der Waals surface area contributed by atoms with Gasteiger partial charge in [-0.25, -0.2) is 0 Å². The molecule has 4 heteroatoms. The smallest absolute Gasteiger partial charge is 0.127 e. The normalized spacial score (nSPS) is 12.8. The third kappa shape index (κ3) is 3.88. The number of halogens is 1. The van der Waals surface area contributed by atoms with Gasteiger partial charge in [0.1, 0.15) is 11.0 Å². The summed E-state index contributed by atoms with van der Waals surface area (Å²) in [7, 11) is 0. The predicted octanol–water partition coefficient (Wildman–Crippen LogP) is 1.39. The molecule has 0 aromatic heterocycles. The molecular weight excluding hydrogens is 162 g/mol. The second-order valence-electron chi connectivity index (χ2n) is 2.65. The Balaban J connectivity index is 4.28. The van der Waals surface area contributed by atoms with E-state index in [1.807, 2.05) is 13.8 Å². The van der Waals surface area contributed by atoms with Crippen LogP contribution in [0.1, 0.15) is 20.8 Å². The van der Waals surface area contributed by atoms with Gasteiger partial charge in [0, 0.05) is 11.6 Å². The number of hydrogen-bond acceptors (Lipinski definition) is 3. The molecule has 0 aliphatic carbocycles. The van der Waals surface area contributed by atoms with E-state index in [-0.39, 0.29) is 11.2 Å². The Morgan fingerprint density at radius 1 is 1.55 bits per heavy atom. The molecule has 11 heavy (non-hydrogen) atoms. The Kier molecular flexibility index (Phi) is 3.97. The molecular formula is C7H14ClN3. The summed E-state index contributed by atoms with van der Waals surface area (Å²) in [6, 6.07) is 0.265. The van der Waals surface area contributed by atoms with E-state index in [0.717, 1.165) is 0 Å². The molecule has 0 heterocycles. The minimum Gasteiger partial charge on any atom is -0.385 e. The molecule has 0 aromatic rings. The van der Waals surface area contributed by atoms with Crippen LogP contribution >= 0.6 is 11.6 Å². The molecule has 4 N–H and O–H groups in total. The maximum Gasteiger partial charge on any atom is 0.127 e. The van der Waals surface area contributed by atoms with Gasteiger partial charge in [-0.3, -0.25) is 5.41 Å². The first kappa shape index (κ1) is 10.3. The van der Waals surface area contributed by atoms with E-state index >= 15 is 0 Å². The van der Waals surface area contributed by atoms with Crippen LogP contribution < -0.4 is 11.1 Å². The summed E-state index contributed by atoms with van der Waals surface area (Å²) in [5.74, 6) is 0.472. The molecule has 0 spiro atoms. The van der Waals surface area contributed by atoms with Crippen molar-refractivity contribution in [3.8, 4) is 0 Å². The monoisotopic (exact) mass is 175 g/mol. The van der Waals surface area contributed by atoms with Crippen LogP contribution in [0, 0.1) is 5.41 Å². The Morgan fingerprint density at radius 3 is 2.27 bits per heavy atom. The average Bonchev–Trinajstić information content (AvgIpc) is 1.84. The summed E-state index contributed by atoms with van der Waals surface area (Å²) < 4.78 is 0. The second kappa shape index (κ2) is 4.23. The summed E-state index contributed by atoms with van der Waals surface area (Å²) in [6.07, 6.45) is 0. The zero-order valence-corrected chi connectivity index (χ0v) is 7.79. The highest BCUT2D eigenvalue weighted by atomic mass is 35.5. The molecule has 0 aromatic carbocycles. The number of allylic oxidation sites excluding steroid dienone is 1. The summed E-state index contributed by atoms with van der Waals surface area (Å²) in [5.41, 5.74) is 6.15. The van der Waals surface area contributed by atoms with Gasteiger partial charge in [0.25, 0.3) is 0 Å². The van der Waals surface area contributed by atoms with Crippen LogP contribution in [0.15, 0.2) is 11.4 Å². The summed E-state index contributed by atoms with van der Waals surface area (Å²) in [5, 5.41) is 10.0. The number of hydrogen-bond donors (Lipinski definition) is 3. The fourth-order valence-electron chi connectivity index (χ4n) is 0.537. The fourth-order valence-corrected chi connectivity index (χ4v) is 0.639. The van der Waals surface area contributed by atoms with Crippen molar-refractivity contribution in [1.82, 2.24) is 5.32 Å². The summed E-state index contributed by atoms with van der Waals surface area (Å²) in [4.78, 5) is 0. The largest absolute Gasteiger partial charge is 0.385 e. The highest BCUT2D eigenvalue weighted by Gasteiger charge is 2.02. The van der Waals surface area contributed by atoms with Gasteiger partial charge in [-0.05, 0) is 20.8 Å². The van der Waals surface area contributed by atoms with Crippen molar-refractivity contribution in [2.75, 3.05) is 0 Å². The maximum atomic E-state index is 7.06. The van der Waals surface area contributed by atoms with Crippen LogP contribution in [0.2, 0.25) is 0 Å². The molecule has 0 saturated carbocycles. The van der Waals surface area contributed by atoms with Crippen molar-refractivity contribution in [3.05, 3.63) is 11.4 Å². The quantitative estimate of drug-likeness (QED) is 0.568. The van der Waals surface area contributed by atoms with E-state index in [1.54, 1.807) is 6.92 Å². The molecule has 0 fully saturated rings. The van der Waals surface area contributed by atoms with Crippen molar-refractivity contribution in [1.29, 1.82) is 5.41 Å². The fraction of sp³-hybridized carbons (Fsp3) is 0.571. The lowest BCUT2D eigenvalue weighted by molar-refractivity contribution is 0.659. The lowest BCUT2D eigenvalue weighted by Crippen LogP contribution is -2.28. The van der Waals surface area contributed by atoms with E-state index in [1.165, 1.54) is 0 Å². The molecule has 3 nitrogen and oxygen atoms in total. The van der Waals surface area contributed by atoms with Gasteiger partial charge in [0.15, 0.2) is 0 Å². The number of nitrogens with two attached hydrogens (primary N) is 1. The third-order valence-corrected chi connectivity index (χ3v) is 1.46. The Labute approximate surface area is 72.1 Å². The minimum absolute atomic E-state index is 0.0179. The first-order valence-electron chi connectivity index (χ1n) is 3.42. The van der Waals surface area contributed by atoms with Crippen LogP contribution in [0.4, 0.5) is 0 Å². The Bertz CT molecular complexity index is 184. The van der Waals surface area contributed by atoms with Gasteiger partial charge in [-0.2, -0.15) is 0 Å². The minimum atomic E-state index is -0.0179. The maximum absolute atomic E-state index is 7.06. The first-order valence-corrected chi connectivity index (χ1v) is 3.80. The highest BCUT2D eigenvalue weighted by Crippen LogP contribution is 2.01. The molecule has 0 unspecified atom stereocenters. The summed E-state index contributed by atoms with van der Waals surface area (Å²) in [6.45, 7) is 5.65. The standard InChI is InChI=1S/C7H14ClN3/c1-4(2)11-7(10)5(3)6(8)9/h4,9,11H,10H2,1-3H3/b7-5+,9-6?. The molecule has 0 amide bonds. The second-order valence-corrected chi connectivity index (χ2v) is 3.03. The molecule has 0 rings (SSSR count). The Morgan fingerprint density at radius 2 is 2.00 bits per heavy atom. The van der Waals surface area contributed by atoms with Gasteiger partial charge in [0.2, 0.25) is 0 Å². The lowest BCUT2D eigenvalue weighted by Gasteiger charge is -2.11. The lowest BCUT2D eigenvalue weighted by atomic mass is 10.3. The van der Waals surface area contributed by atoms with Crippen LogP contribution in [0.25, 0.3) is 0 Å². The number of nitrogens with one attached hydrogen (secondary N) is 2. The van der Waals surface area contributed by atoms with Gasteiger partial charge >= 0.3 is 0 Å². The van der Waals surface area contributed by atoms with Crippen molar-refractivity contribution in [3.63, 3.8) is 0 Å². The van der Waals surface area contributed by atoms with Crippen LogP contribution in [0.5, 0.6) is 0 Å². The zero-order valence-electron chi connectivity index (χ0n) is 7.03. The Hall–Kier alpha value is -0.700. The van der Waals surface area contributed by atoms with Gasteiger partial charge in [-0.15, -0.1) is 0 Å². The van der Waals surface area contributed by atoms with Gasteiger partial charge in [-0.1, -0.05) is 11.6 Å². The molecule has 0 saturated heterocycles. The highest BCUT2D eigenvalue weighted by molar-refractivity contribution is 6.68. The first-order chi connectivity index (χ1) is 4.95. The van der Waals surface area contributed by atoms with Gasteiger partial charge < -0.3 is 11.1 Å². The van der Waals surface area contributed by atoms with Crippen molar-refractivity contribution >= 4 is 16.8 Å². The van der Waals surface area contributed by atoms with E-state index in [0.29, 0.717) is 11.4 Å². The number of rotatable bonds is 3. The van der Waals surface area contributed by atoms with E-state index in [4.69, 9.17) is 22.7 Å². The predicted molar refractivity (Wildman–Crippen MR) is 48.7 cm³/mol. The molecule has 0 bridgehead atoms. The summed E-state index contributed by atoms with van der Waals surface area (Å²) >= 11 is 5.41. The van der Waals surface area contributed by atoms with E-state index in [2.05, 4.69) is 5.32 Å². The van der Waals surface area contributed by atoms with Crippen LogP contribution in [-0.2, 0) is 0 Å². The molecule has 0 aliphatic heterocycles. The van der Waals surface area contributed by atoms with Crippen LogP contribution in [0.3, 0.4) is 0 Å². The van der Waals surface area contributed by atoms with Crippen LogP contribution in [-0.4, -0.2) is 11.2 Å². The van der Waals surface area contributed by atoms with Crippen molar-refractivity contribution in [2.45, 2.75) is 26.8 Å². The molecule has 0 radical (unpaired) electrons. The average molecular weight is 176 g/mol. The van der Waals surface area contributed by atoms with Crippen molar-refractivity contribution in [2.24, 2.45) is 5.73 Å². The molecule has 64 valence electrons. The van der Waals surface area contributed by atoms with Gasteiger partial charge in [0.05, 0.1) is 0 Å². The SMILES string of the molecule is C/C(C(=N)Cl)=C(/N)NC(C)C. The van der Waals surface area contributed by atoms with Crippen molar-refractivity contribution < 1.29 is 0 Å².